The van der Waals surface area contributed by atoms with Crippen LogP contribution in [0.2, 0.25) is 0 Å². The monoisotopic (exact) mass is 216 g/mol. The summed E-state index contributed by atoms with van der Waals surface area (Å²) in [4.78, 5) is 11.0. The van der Waals surface area contributed by atoms with E-state index in [1.54, 1.807) is 0 Å². The highest BCUT2D eigenvalue weighted by molar-refractivity contribution is 5.97. The SMILES string of the molecule is Cc1ccc(-n2ncc(C(N)=O)c2N)cc1. The van der Waals surface area contributed by atoms with Crippen molar-refractivity contribution in [2.75, 3.05) is 5.73 Å². The third-order valence-electron chi connectivity index (χ3n) is 2.35. The second-order valence-corrected chi connectivity index (χ2v) is 3.56. The fourth-order valence-electron chi connectivity index (χ4n) is 1.44. The summed E-state index contributed by atoms with van der Waals surface area (Å²) in [6.45, 7) is 1.99. The van der Waals surface area contributed by atoms with Gasteiger partial charge in [0.05, 0.1) is 11.9 Å². The van der Waals surface area contributed by atoms with Crippen LogP contribution in [0.1, 0.15) is 15.9 Å². The summed E-state index contributed by atoms with van der Waals surface area (Å²) in [6.07, 6.45) is 1.37. The number of anilines is 1. The lowest BCUT2D eigenvalue weighted by Crippen LogP contribution is -2.13. The Kier molecular flexibility index (Phi) is 2.36. The molecule has 0 atom stereocenters. The van der Waals surface area contributed by atoms with Gasteiger partial charge in [0.15, 0.2) is 0 Å². The molecule has 1 aromatic heterocycles. The van der Waals surface area contributed by atoms with Gasteiger partial charge in [0, 0.05) is 0 Å². The summed E-state index contributed by atoms with van der Waals surface area (Å²) in [6, 6.07) is 7.65. The Morgan fingerprint density at radius 1 is 1.31 bits per heavy atom. The number of carbonyl (C=O) groups excluding carboxylic acids is 1. The number of aromatic nitrogens is 2. The first-order chi connectivity index (χ1) is 7.59. The Morgan fingerprint density at radius 3 is 2.44 bits per heavy atom. The van der Waals surface area contributed by atoms with Crippen LogP contribution >= 0.6 is 0 Å². The number of nitrogens with zero attached hydrogens (tertiary/aromatic N) is 2. The largest absolute Gasteiger partial charge is 0.383 e. The standard InChI is InChI=1S/C11H12N4O/c1-7-2-4-8(5-3-7)15-10(12)9(6-14-15)11(13)16/h2-6H,12H2,1H3,(H2,13,16). The average Bonchev–Trinajstić information content (AvgIpc) is 2.61. The molecule has 0 aliphatic rings. The van der Waals surface area contributed by atoms with Crippen LogP contribution < -0.4 is 11.5 Å². The second-order valence-electron chi connectivity index (χ2n) is 3.56. The maximum Gasteiger partial charge on any atom is 0.254 e. The molecule has 0 unspecified atom stereocenters. The molecule has 0 bridgehead atoms. The average molecular weight is 216 g/mol. The van der Waals surface area contributed by atoms with Gasteiger partial charge in [-0.15, -0.1) is 0 Å². The zero-order valence-corrected chi connectivity index (χ0v) is 8.84. The summed E-state index contributed by atoms with van der Waals surface area (Å²) in [5.74, 6) is -0.313. The van der Waals surface area contributed by atoms with Crippen molar-refractivity contribution in [3.63, 3.8) is 0 Å². The fourth-order valence-corrected chi connectivity index (χ4v) is 1.44. The molecule has 1 aromatic carbocycles. The van der Waals surface area contributed by atoms with E-state index in [4.69, 9.17) is 11.5 Å². The Morgan fingerprint density at radius 2 is 1.94 bits per heavy atom. The molecular formula is C11H12N4O. The highest BCUT2D eigenvalue weighted by Crippen LogP contribution is 2.16. The van der Waals surface area contributed by atoms with Crippen LogP contribution in [-0.4, -0.2) is 15.7 Å². The number of benzene rings is 1. The molecule has 4 N–H and O–H groups in total. The van der Waals surface area contributed by atoms with Gasteiger partial charge in [-0.05, 0) is 19.1 Å². The van der Waals surface area contributed by atoms with Crippen LogP contribution in [0.3, 0.4) is 0 Å². The fraction of sp³-hybridized carbons (Fsp3) is 0.0909. The number of aryl methyl sites for hydroxylation is 1. The number of amides is 1. The molecule has 2 rings (SSSR count). The van der Waals surface area contributed by atoms with E-state index in [0.29, 0.717) is 0 Å². The molecule has 16 heavy (non-hydrogen) atoms. The number of carbonyl (C=O) groups is 1. The zero-order chi connectivity index (χ0) is 11.7. The van der Waals surface area contributed by atoms with E-state index in [1.807, 2.05) is 31.2 Å². The molecular weight excluding hydrogens is 204 g/mol. The molecule has 0 saturated carbocycles. The van der Waals surface area contributed by atoms with Crippen molar-refractivity contribution in [2.24, 2.45) is 5.73 Å². The summed E-state index contributed by atoms with van der Waals surface area (Å²) in [5.41, 5.74) is 13.1. The molecule has 1 amide bonds. The molecule has 0 aliphatic heterocycles. The summed E-state index contributed by atoms with van der Waals surface area (Å²) >= 11 is 0. The summed E-state index contributed by atoms with van der Waals surface area (Å²) < 4.78 is 1.49. The molecule has 0 aliphatic carbocycles. The highest BCUT2D eigenvalue weighted by atomic mass is 16.1. The van der Waals surface area contributed by atoms with Crippen molar-refractivity contribution in [3.8, 4) is 5.69 Å². The van der Waals surface area contributed by atoms with Gasteiger partial charge in [0.25, 0.3) is 5.91 Å². The second kappa shape index (κ2) is 3.69. The first kappa shape index (κ1) is 10.2. The minimum atomic E-state index is -0.573. The Bertz CT molecular complexity index is 527. The van der Waals surface area contributed by atoms with Gasteiger partial charge in [0.1, 0.15) is 11.4 Å². The van der Waals surface area contributed by atoms with Crippen molar-refractivity contribution >= 4 is 11.7 Å². The number of nitrogen functional groups attached to an aromatic ring is 1. The van der Waals surface area contributed by atoms with E-state index in [2.05, 4.69) is 5.10 Å². The van der Waals surface area contributed by atoms with Crippen LogP contribution in [0.4, 0.5) is 5.82 Å². The van der Waals surface area contributed by atoms with Crippen molar-refractivity contribution in [1.29, 1.82) is 0 Å². The molecule has 5 heteroatoms. The molecule has 5 nitrogen and oxygen atoms in total. The predicted octanol–water partition coefficient (Wildman–Crippen LogP) is 0.862. The van der Waals surface area contributed by atoms with Crippen LogP contribution in [-0.2, 0) is 0 Å². The van der Waals surface area contributed by atoms with Gasteiger partial charge in [0.2, 0.25) is 0 Å². The van der Waals surface area contributed by atoms with E-state index in [0.717, 1.165) is 11.3 Å². The highest BCUT2D eigenvalue weighted by Gasteiger charge is 2.12. The third kappa shape index (κ3) is 1.63. The summed E-state index contributed by atoms with van der Waals surface area (Å²) in [7, 11) is 0. The van der Waals surface area contributed by atoms with E-state index in [-0.39, 0.29) is 11.4 Å². The summed E-state index contributed by atoms with van der Waals surface area (Å²) in [5, 5.41) is 4.03. The predicted molar refractivity (Wildman–Crippen MR) is 61.2 cm³/mol. The van der Waals surface area contributed by atoms with Gasteiger partial charge in [-0.3, -0.25) is 4.79 Å². The Labute approximate surface area is 92.7 Å². The number of hydrogen-bond acceptors (Lipinski definition) is 3. The van der Waals surface area contributed by atoms with E-state index in [1.165, 1.54) is 10.9 Å². The number of primary amides is 1. The minimum absolute atomic E-state index is 0.237. The third-order valence-corrected chi connectivity index (χ3v) is 2.35. The van der Waals surface area contributed by atoms with Crippen molar-refractivity contribution in [3.05, 3.63) is 41.6 Å². The molecule has 0 radical (unpaired) electrons. The number of rotatable bonds is 2. The quantitative estimate of drug-likeness (QED) is 0.780. The number of nitrogens with two attached hydrogens (primary N) is 2. The van der Waals surface area contributed by atoms with Crippen molar-refractivity contribution < 1.29 is 4.79 Å². The maximum atomic E-state index is 11.0. The van der Waals surface area contributed by atoms with Gasteiger partial charge in [-0.2, -0.15) is 5.10 Å². The van der Waals surface area contributed by atoms with Crippen LogP contribution in [0.25, 0.3) is 5.69 Å². The van der Waals surface area contributed by atoms with Gasteiger partial charge >= 0.3 is 0 Å². The number of hydrogen-bond donors (Lipinski definition) is 2. The molecule has 0 saturated heterocycles. The minimum Gasteiger partial charge on any atom is -0.383 e. The first-order valence-electron chi connectivity index (χ1n) is 4.80. The smallest absolute Gasteiger partial charge is 0.254 e. The molecule has 82 valence electrons. The van der Waals surface area contributed by atoms with Gasteiger partial charge in [-0.25, -0.2) is 4.68 Å². The normalized spacial score (nSPS) is 10.3. The first-order valence-corrected chi connectivity index (χ1v) is 4.80. The van der Waals surface area contributed by atoms with Gasteiger partial charge in [-0.1, -0.05) is 17.7 Å². The van der Waals surface area contributed by atoms with Gasteiger partial charge < -0.3 is 11.5 Å². The molecule has 1 heterocycles. The van der Waals surface area contributed by atoms with Crippen LogP contribution in [0.15, 0.2) is 30.5 Å². The van der Waals surface area contributed by atoms with Crippen molar-refractivity contribution in [1.82, 2.24) is 9.78 Å². The van der Waals surface area contributed by atoms with E-state index in [9.17, 15) is 4.79 Å². The maximum absolute atomic E-state index is 11.0. The Balaban J connectivity index is 2.49. The lowest BCUT2D eigenvalue weighted by molar-refractivity contribution is 0.100. The van der Waals surface area contributed by atoms with E-state index < -0.39 is 5.91 Å². The Hall–Kier alpha value is -2.30. The zero-order valence-electron chi connectivity index (χ0n) is 8.84. The lowest BCUT2D eigenvalue weighted by atomic mass is 10.2. The topological polar surface area (TPSA) is 86.9 Å². The van der Waals surface area contributed by atoms with Crippen molar-refractivity contribution in [2.45, 2.75) is 6.92 Å². The molecule has 0 fully saturated rings. The van der Waals surface area contributed by atoms with E-state index >= 15 is 0 Å². The van der Waals surface area contributed by atoms with Crippen LogP contribution in [0, 0.1) is 6.92 Å². The molecule has 0 spiro atoms. The molecule has 2 aromatic rings. The lowest BCUT2D eigenvalue weighted by Gasteiger charge is -2.04. The van der Waals surface area contributed by atoms with Crippen LogP contribution in [0.5, 0.6) is 0 Å².